The van der Waals surface area contributed by atoms with E-state index in [0.717, 1.165) is 16.9 Å². The molecule has 2 aromatic rings. The SMILES string of the molecule is CC[C@@H](C)NC(=O)[C@H](CC)N(Cc1ccccc1)C(=O)CSc1ccc(C)cc1. The number of carbonyl (C=O) groups excluding carboxylic acids is 2. The molecule has 0 aliphatic rings. The second-order valence-corrected chi connectivity index (χ2v) is 8.40. The third kappa shape index (κ3) is 7.24. The molecule has 1 N–H and O–H groups in total. The van der Waals surface area contributed by atoms with Gasteiger partial charge in [0.05, 0.1) is 5.75 Å². The Morgan fingerprint density at radius 2 is 1.66 bits per heavy atom. The van der Waals surface area contributed by atoms with Crippen LogP contribution in [-0.4, -0.2) is 34.6 Å². The topological polar surface area (TPSA) is 49.4 Å². The number of aryl methyl sites for hydroxylation is 1. The lowest BCUT2D eigenvalue weighted by molar-refractivity contribution is -0.139. The van der Waals surface area contributed by atoms with E-state index in [1.807, 2.05) is 82.3 Å². The van der Waals surface area contributed by atoms with Gasteiger partial charge in [0.1, 0.15) is 6.04 Å². The van der Waals surface area contributed by atoms with E-state index in [0.29, 0.717) is 18.7 Å². The summed E-state index contributed by atoms with van der Waals surface area (Å²) in [4.78, 5) is 28.8. The van der Waals surface area contributed by atoms with E-state index in [1.165, 1.54) is 17.3 Å². The van der Waals surface area contributed by atoms with Crippen LogP contribution in [0.4, 0.5) is 0 Å². The van der Waals surface area contributed by atoms with Gasteiger partial charge in [0, 0.05) is 17.5 Å². The van der Waals surface area contributed by atoms with Crippen molar-refractivity contribution in [2.75, 3.05) is 5.75 Å². The predicted molar refractivity (Wildman–Crippen MR) is 121 cm³/mol. The summed E-state index contributed by atoms with van der Waals surface area (Å²) < 4.78 is 0. The molecule has 0 fully saturated rings. The summed E-state index contributed by atoms with van der Waals surface area (Å²) in [5.41, 5.74) is 2.22. The Morgan fingerprint density at radius 3 is 2.24 bits per heavy atom. The van der Waals surface area contributed by atoms with E-state index < -0.39 is 6.04 Å². The molecule has 0 saturated heterocycles. The molecule has 0 saturated carbocycles. The van der Waals surface area contributed by atoms with Gasteiger partial charge in [-0.2, -0.15) is 0 Å². The maximum atomic E-state index is 13.2. The Hall–Kier alpha value is -2.27. The number of nitrogens with zero attached hydrogens (tertiary/aromatic N) is 1. The van der Waals surface area contributed by atoms with Crippen molar-refractivity contribution in [2.45, 2.75) is 64.1 Å². The average molecular weight is 413 g/mol. The zero-order chi connectivity index (χ0) is 21.2. The number of amides is 2. The maximum Gasteiger partial charge on any atom is 0.243 e. The van der Waals surface area contributed by atoms with Gasteiger partial charge in [-0.3, -0.25) is 9.59 Å². The number of nitrogens with one attached hydrogen (secondary N) is 1. The Bertz CT molecular complexity index is 777. The fraction of sp³-hybridized carbons (Fsp3) is 0.417. The number of hydrogen-bond donors (Lipinski definition) is 1. The lowest BCUT2D eigenvalue weighted by Crippen LogP contribution is -2.51. The van der Waals surface area contributed by atoms with Crippen molar-refractivity contribution >= 4 is 23.6 Å². The van der Waals surface area contributed by atoms with Crippen LogP contribution in [0.15, 0.2) is 59.5 Å². The first-order valence-electron chi connectivity index (χ1n) is 10.3. The standard InChI is InChI=1S/C24H32N2O2S/c1-5-19(4)25-24(28)22(6-2)26(16-20-10-8-7-9-11-20)23(27)17-29-21-14-12-18(3)13-15-21/h7-15,19,22H,5-6,16-17H2,1-4H3,(H,25,28)/t19-,22+/m1/s1. The van der Waals surface area contributed by atoms with E-state index in [2.05, 4.69) is 5.32 Å². The average Bonchev–Trinajstić information content (AvgIpc) is 2.73. The molecule has 4 nitrogen and oxygen atoms in total. The highest BCUT2D eigenvalue weighted by atomic mass is 32.2. The fourth-order valence-corrected chi connectivity index (χ4v) is 3.79. The first-order valence-corrected chi connectivity index (χ1v) is 11.3. The molecule has 0 spiro atoms. The molecule has 0 unspecified atom stereocenters. The van der Waals surface area contributed by atoms with Crippen LogP contribution in [0.1, 0.15) is 44.7 Å². The molecule has 0 radical (unpaired) electrons. The summed E-state index contributed by atoms with van der Waals surface area (Å²) in [5.74, 6) is 0.209. The van der Waals surface area contributed by atoms with Crippen LogP contribution in [0.25, 0.3) is 0 Å². The first kappa shape index (κ1) is 23.0. The smallest absolute Gasteiger partial charge is 0.243 e. The summed E-state index contributed by atoms with van der Waals surface area (Å²) in [6.07, 6.45) is 1.44. The molecular formula is C24H32N2O2S. The highest BCUT2D eigenvalue weighted by molar-refractivity contribution is 8.00. The van der Waals surface area contributed by atoms with Gasteiger partial charge >= 0.3 is 0 Å². The lowest BCUT2D eigenvalue weighted by atomic mass is 10.1. The monoisotopic (exact) mass is 412 g/mol. The highest BCUT2D eigenvalue weighted by Crippen LogP contribution is 2.21. The summed E-state index contributed by atoms with van der Waals surface area (Å²) in [5, 5.41) is 3.04. The van der Waals surface area contributed by atoms with Gasteiger partial charge in [-0.15, -0.1) is 11.8 Å². The Labute approximate surface area is 179 Å². The summed E-state index contributed by atoms with van der Waals surface area (Å²) >= 11 is 1.51. The number of rotatable bonds is 10. The van der Waals surface area contributed by atoms with E-state index in [1.54, 1.807) is 4.90 Å². The van der Waals surface area contributed by atoms with E-state index in [-0.39, 0.29) is 17.9 Å². The molecule has 0 aliphatic carbocycles. The number of carbonyl (C=O) groups is 2. The van der Waals surface area contributed by atoms with Crippen molar-refractivity contribution < 1.29 is 9.59 Å². The molecule has 156 valence electrons. The van der Waals surface area contributed by atoms with Gasteiger partial charge in [-0.05, 0) is 44.4 Å². The molecule has 0 aromatic heterocycles. The number of thioether (sulfide) groups is 1. The predicted octanol–water partition coefficient (Wildman–Crippen LogP) is 4.81. The van der Waals surface area contributed by atoms with Gasteiger partial charge in [0.25, 0.3) is 0 Å². The van der Waals surface area contributed by atoms with Crippen LogP contribution in [-0.2, 0) is 16.1 Å². The number of hydrogen-bond acceptors (Lipinski definition) is 3. The van der Waals surface area contributed by atoms with E-state index in [4.69, 9.17) is 0 Å². The fourth-order valence-electron chi connectivity index (χ4n) is 3.00. The molecule has 2 rings (SSSR count). The van der Waals surface area contributed by atoms with Gasteiger partial charge in [-0.25, -0.2) is 0 Å². The van der Waals surface area contributed by atoms with Crippen molar-refractivity contribution in [3.05, 3.63) is 65.7 Å². The van der Waals surface area contributed by atoms with E-state index >= 15 is 0 Å². The van der Waals surface area contributed by atoms with Crippen molar-refractivity contribution in [2.24, 2.45) is 0 Å². The normalized spacial score (nSPS) is 12.8. The summed E-state index contributed by atoms with van der Waals surface area (Å²) in [6.45, 7) is 8.46. The maximum absolute atomic E-state index is 13.2. The zero-order valence-corrected chi connectivity index (χ0v) is 18.7. The van der Waals surface area contributed by atoms with Crippen LogP contribution < -0.4 is 5.32 Å². The Kier molecular flexibility index (Phi) is 9.26. The van der Waals surface area contributed by atoms with Gasteiger partial charge in [0.2, 0.25) is 11.8 Å². The minimum atomic E-state index is -0.477. The molecule has 0 aliphatic heterocycles. The second-order valence-electron chi connectivity index (χ2n) is 7.35. The molecule has 2 amide bonds. The van der Waals surface area contributed by atoms with Crippen molar-refractivity contribution in [3.63, 3.8) is 0 Å². The molecular weight excluding hydrogens is 380 g/mol. The van der Waals surface area contributed by atoms with E-state index in [9.17, 15) is 9.59 Å². The van der Waals surface area contributed by atoms with Gasteiger partial charge < -0.3 is 10.2 Å². The summed E-state index contributed by atoms with van der Waals surface area (Å²) in [6, 6.07) is 17.6. The van der Waals surface area contributed by atoms with Crippen molar-refractivity contribution in [1.82, 2.24) is 10.2 Å². The highest BCUT2D eigenvalue weighted by Gasteiger charge is 2.29. The Morgan fingerprint density at radius 1 is 1.00 bits per heavy atom. The molecule has 2 atom stereocenters. The van der Waals surface area contributed by atoms with Crippen LogP contribution in [0, 0.1) is 6.92 Å². The first-order chi connectivity index (χ1) is 13.9. The molecule has 0 heterocycles. The van der Waals surface area contributed by atoms with Crippen molar-refractivity contribution in [3.8, 4) is 0 Å². The second kappa shape index (κ2) is 11.7. The summed E-state index contributed by atoms with van der Waals surface area (Å²) in [7, 11) is 0. The van der Waals surface area contributed by atoms with Gasteiger partial charge in [0.15, 0.2) is 0 Å². The van der Waals surface area contributed by atoms with Gasteiger partial charge in [-0.1, -0.05) is 61.9 Å². The zero-order valence-electron chi connectivity index (χ0n) is 17.9. The molecule has 0 bridgehead atoms. The number of benzene rings is 2. The molecule has 29 heavy (non-hydrogen) atoms. The van der Waals surface area contributed by atoms with Crippen LogP contribution in [0.2, 0.25) is 0 Å². The third-order valence-electron chi connectivity index (χ3n) is 4.97. The largest absolute Gasteiger partial charge is 0.352 e. The quantitative estimate of drug-likeness (QED) is 0.570. The van der Waals surface area contributed by atoms with Crippen LogP contribution in [0.5, 0.6) is 0 Å². The van der Waals surface area contributed by atoms with Crippen LogP contribution >= 0.6 is 11.8 Å². The molecule has 2 aromatic carbocycles. The Balaban J connectivity index is 2.16. The minimum absolute atomic E-state index is 0.0226. The lowest BCUT2D eigenvalue weighted by Gasteiger charge is -2.31. The van der Waals surface area contributed by atoms with Crippen molar-refractivity contribution in [1.29, 1.82) is 0 Å². The molecule has 5 heteroatoms. The minimum Gasteiger partial charge on any atom is -0.352 e. The van der Waals surface area contributed by atoms with Crippen LogP contribution in [0.3, 0.4) is 0 Å². The third-order valence-corrected chi connectivity index (χ3v) is 5.96.